The van der Waals surface area contributed by atoms with Crippen molar-refractivity contribution < 1.29 is 8.18 Å². The zero-order chi connectivity index (χ0) is 20.2. The molecule has 1 unspecified atom stereocenters. The SMILES string of the molecule is CCCCP(CCCC)(CCCC)(CCCC)OS(=O)c1ccc(C)cc1. The maximum absolute atomic E-state index is 13.4. The van der Waals surface area contributed by atoms with Gasteiger partial charge in [0.15, 0.2) is 0 Å². The molecule has 0 heterocycles. The van der Waals surface area contributed by atoms with Crippen molar-refractivity contribution in [1.29, 1.82) is 0 Å². The summed E-state index contributed by atoms with van der Waals surface area (Å²) < 4.78 is 20.2. The Labute approximate surface area is 171 Å². The van der Waals surface area contributed by atoms with Crippen LogP contribution < -0.4 is 0 Å². The van der Waals surface area contributed by atoms with E-state index in [1.165, 1.54) is 56.9 Å². The molecular weight excluding hydrogens is 371 g/mol. The van der Waals surface area contributed by atoms with Crippen LogP contribution in [0.25, 0.3) is 0 Å². The van der Waals surface area contributed by atoms with Crippen molar-refractivity contribution in [2.24, 2.45) is 0 Å². The Balaban J connectivity index is 3.29. The first kappa shape index (κ1) is 24.8. The van der Waals surface area contributed by atoms with E-state index in [0.717, 1.165) is 29.5 Å². The van der Waals surface area contributed by atoms with Gasteiger partial charge < -0.3 is 0 Å². The van der Waals surface area contributed by atoms with Crippen LogP contribution in [0.2, 0.25) is 0 Å². The summed E-state index contributed by atoms with van der Waals surface area (Å²) in [4.78, 5) is 0.829. The van der Waals surface area contributed by atoms with Crippen LogP contribution in [0, 0.1) is 6.92 Å². The Hall–Kier alpha value is -0.240. The summed E-state index contributed by atoms with van der Waals surface area (Å²) in [6, 6.07) is 8.05. The molecule has 0 aliphatic heterocycles. The third-order valence-electron chi connectivity index (χ3n) is 5.80. The van der Waals surface area contributed by atoms with Crippen molar-refractivity contribution in [2.45, 2.75) is 90.9 Å². The molecule has 0 saturated heterocycles. The van der Waals surface area contributed by atoms with Crippen LogP contribution in [-0.4, -0.2) is 28.9 Å². The van der Waals surface area contributed by atoms with Crippen molar-refractivity contribution in [3.63, 3.8) is 0 Å². The van der Waals surface area contributed by atoms with Crippen LogP contribution >= 0.6 is 6.83 Å². The van der Waals surface area contributed by atoms with Crippen molar-refractivity contribution in [1.82, 2.24) is 0 Å². The third kappa shape index (κ3) is 7.59. The van der Waals surface area contributed by atoms with E-state index in [1.807, 2.05) is 24.3 Å². The predicted molar refractivity (Wildman–Crippen MR) is 125 cm³/mol. The molecule has 1 rings (SSSR count). The van der Waals surface area contributed by atoms with Crippen LogP contribution in [0.1, 0.15) is 84.6 Å². The van der Waals surface area contributed by atoms with Crippen LogP contribution in [0.4, 0.5) is 0 Å². The van der Waals surface area contributed by atoms with Crippen molar-refractivity contribution in [3.8, 4) is 0 Å². The molecule has 1 aromatic carbocycles. The zero-order valence-corrected chi connectivity index (χ0v) is 20.2. The molecule has 0 saturated carbocycles. The average Bonchev–Trinajstić information content (AvgIpc) is 2.68. The fourth-order valence-electron chi connectivity index (χ4n) is 3.94. The van der Waals surface area contributed by atoms with Crippen LogP contribution in [-0.2, 0) is 15.1 Å². The summed E-state index contributed by atoms with van der Waals surface area (Å²) in [5.74, 6) is 0. The zero-order valence-electron chi connectivity index (χ0n) is 18.5. The van der Waals surface area contributed by atoms with Crippen LogP contribution in [0.3, 0.4) is 0 Å². The molecule has 1 aromatic rings. The molecule has 0 radical (unpaired) electrons. The summed E-state index contributed by atoms with van der Waals surface area (Å²) in [6.45, 7) is 8.64. The van der Waals surface area contributed by atoms with Crippen molar-refractivity contribution in [2.75, 3.05) is 24.6 Å². The second kappa shape index (κ2) is 12.3. The van der Waals surface area contributed by atoms with E-state index in [-0.39, 0.29) is 0 Å². The number of unbranched alkanes of at least 4 members (excludes halogenated alkanes) is 4. The minimum absolute atomic E-state index is 0.829. The van der Waals surface area contributed by atoms with E-state index in [1.54, 1.807) is 0 Å². The van der Waals surface area contributed by atoms with E-state index in [4.69, 9.17) is 3.97 Å². The van der Waals surface area contributed by atoms with Gasteiger partial charge in [-0.1, -0.05) is 0 Å². The van der Waals surface area contributed by atoms with E-state index in [9.17, 15) is 4.21 Å². The third-order valence-corrected chi connectivity index (χ3v) is 14.5. The molecule has 4 heteroatoms. The Morgan fingerprint density at radius 2 is 1.11 bits per heavy atom. The van der Waals surface area contributed by atoms with Crippen molar-refractivity contribution >= 4 is 17.9 Å². The number of benzene rings is 1. The van der Waals surface area contributed by atoms with Gasteiger partial charge in [-0.05, 0) is 0 Å². The predicted octanol–water partition coefficient (Wildman–Crippen LogP) is 7.70. The molecule has 0 fully saturated rings. The van der Waals surface area contributed by atoms with E-state index in [0.29, 0.717) is 0 Å². The Kier molecular flexibility index (Phi) is 11.3. The van der Waals surface area contributed by atoms with Gasteiger partial charge in [-0.2, -0.15) is 0 Å². The van der Waals surface area contributed by atoms with E-state index in [2.05, 4.69) is 34.6 Å². The standard InChI is InChI=1S/C23H43O2PS/c1-6-10-18-26(19-11-7-2,20-12-8-3,21-13-9-4)25-27(24)23-16-14-22(5)15-17-23/h14-17H,6-13,18-21H2,1-5H3. The summed E-state index contributed by atoms with van der Waals surface area (Å²) in [7, 11) is 0. The van der Waals surface area contributed by atoms with Gasteiger partial charge >= 0.3 is 171 Å². The van der Waals surface area contributed by atoms with Gasteiger partial charge in [0, 0.05) is 0 Å². The van der Waals surface area contributed by atoms with Gasteiger partial charge in [-0.25, -0.2) is 0 Å². The van der Waals surface area contributed by atoms with Gasteiger partial charge in [0.25, 0.3) is 0 Å². The van der Waals surface area contributed by atoms with Crippen molar-refractivity contribution in [3.05, 3.63) is 29.8 Å². The molecule has 0 aliphatic carbocycles. The van der Waals surface area contributed by atoms with E-state index >= 15 is 0 Å². The first-order valence-corrected chi connectivity index (χ1v) is 15.1. The van der Waals surface area contributed by atoms with Gasteiger partial charge in [-0.3, -0.25) is 0 Å². The quantitative estimate of drug-likeness (QED) is 0.275. The first-order chi connectivity index (χ1) is 12.9. The molecular formula is C23H43O2PS. The number of hydrogen-bond donors (Lipinski definition) is 0. The Morgan fingerprint density at radius 1 is 0.741 bits per heavy atom. The summed E-state index contributed by atoms with van der Waals surface area (Å²) in [5.41, 5.74) is 1.20. The van der Waals surface area contributed by atoms with Crippen LogP contribution in [0.15, 0.2) is 29.2 Å². The molecule has 0 bridgehead atoms. The monoisotopic (exact) mass is 414 g/mol. The van der Waals surface area contributed by atoms with E-state index < -0.39 is 17.9 Å². The summed E-state index contributed by atoms with van der Waals surface area (Å²) in [6.07, 6.45) is 14.1. The number of aryl methyl sites for hydroxylation is 1. The minimum atomic E-state index is -2.49. The maximum atomic E-state index is 13.4. The van der Waals surface area contributed by atoms with Gasteiger partial charge in [-0.15, -0.1) is 0 Å². The topological polar surface area (TPSA) is 26.3 Å². The number of rotatable bonds is 15. The average molecular weight is 415 g/mol. The number of hydrogen-bond acceptors (Lipinski definition) is 2. The molecule has 0 N–H and O–H groups in total. The van der Waals surface area contributed by atoms with Crippen LogP contribution in [0.5, 0.6) is 0 Å². The fourth-order valence-corrected chi connectivity index (χ4v) is 13.2. The van der Waals surface area contributed by atoms with Gasteiger partial charge in [0.2, 0.25) is 0 Å². The molecule has 27 heavy (non-hydrogen) atoms. The Bertz CT molecular complexity index is 512. The molecule has 0 amide bonds. The second-order valence-corrected chi connectivity index (χ2v) is 15.3. The normalized spacial score (nSPS) is 14.6. The Morgan fingerprint density at radius 3 is 1.44 bits per heavy atom. The molecule has 0 spiro atoms. The molecule has 2 nitrogen and oxygen atoms in total. The first-order valence-electron chi connectivity index (χ1n) is 11.1. The fraction of sp³-hybridized carbons (Fsp3) is 0.739. The molecule has 158 valence electrons. The second-order valence-electron chi connectivity index (χ2n) is 8.29. The van der Waals surface area contributed by atoms with Gasteiger partial charge in [0.05, 0.1) is 0 Å². The van der Waals surface area contributed by atoms with Gasteiger partial charge in [0.1, 0.15) is 0 Å². The summed E-state index contributed by atoms with van der Waals surface area (Å²) >= 11 is -1.36. The molecule has 1 atom stereocenters. The molecule has 0 aliphatic rings. The summed E-state index contributed by atoms with van der Waals surface area (Å²) in [5, 5.41) is 0. The molecule has 0 aromatic heterocycles.